The van der Waals surface area contributed by atoms with Gasteiger partial charge in [-0.15, -0.1) is 24.0 Å². The standard InChI is InChI=1S/C21H32N6O2.HI/c1-4-22-20(24-15-17-10-9-16(2)14-18(17)29-3)23-11-7-13-27-21(28)26-12-6-5-8-19(26)25-27;/h9-10,14H,4-8,11-13,15H2,1-3H3,(H2,22,23,24);1H. The molecule has 0 radical (unpaired) electrons. The van der Waals surface area contributed by atoms with Crippen LogP contribution in [0.1, 0.15) is 43.1 Å². The Labute approximate surface area is 195 Å². The molecule has 0 amide bonds. The molecule has 0 saturated carbocycles. The lowest BCUT2D eigenvalue weighted by Crippen LogP contribution is -2.38. The molecule has 3 rings (SSSR count). The van der Waals surface area contributed by atoms with Gasteiger partial charge in [0.15, 0.2) is 5.96 Å². The van der Waals surface area contributed by atoms with E-state index in [1.54, 1.807) is 11.8 Å². The van der Waals surface area contributed by atoms with E-state index in [2.05, 4.69) is 26.8 Å². The van der Waals surface area contributed by atoms with Gasteiger partial charge in [-0.25, -0.2) is 14.5 Å². The number of nitrogens with zero attached hydrogens (tertiary/aromatic N) is 4. The van der Waals surface area contributed by atoms with Gasteiger partial charge in [0.1, 0.15) is 11.6 Å². The van der Waals surface area contributed by atoms with Crippen molar-refractivity contribution in [3.8, 4) is 5.75 Å². The fourth-order valence-corrected chi connectivity index (χ4v) is 3.52. The van der Waals surface area contributed by atoms with Crippen LogP contribution >= 0.6 is 24.0 Å². The van der Waals surface area contributed by atoms with Crippen LogP contribution in [0.25, 0.3) is 0 Å². The predicted octanol–water partition coefficient (Wildman–Crippen LogP) is 2.46. The van der Waals surface area contributed by atoms with Crippen LogP contribution in [0.4, 0.5) is 0 Å². The monoisotopic (exact) mass is 528 g/mol. The van der Waals surface area contributed by atoms with Gasteiger partial charge in [-0.05, 0) is 44.7 Å². The fraction of sp³-hybridized carbons (Fsp3) is 0.571. The zero-order chi connectivity index (χ0) is 20.6. The van der Waals surface area contributed by atoms with Crippen molar-refractivity contribution in [2.45, 2.75) is 59.2 Å². The molecule has 0 spiro atoms. The van der Waals surface area contributed by atoms with E-state index in [4.69, 9.17) is 4.74 Å². The molecule has 1 aliphatic rings. The van der Waals surface area contributed by atoms with Gasteiger partial charge in [-0.3, -0.25) is 4.57 Å². The third-order valence-corrected chi connectivity index (χ3v) is 5.06. The number of aromatic nitrogens is 3. The molecule has 0 unspecified atom stereocenters. The third-order valence-electron chi connectivity index (χ3n) is 5.06. The Morgan fingerprint density at radius 3 is 2.87 bits per heavy atom. The Morgan fingerprint density at radius 1 is 1.30 bits per heavy atom. The summed E-state index contributed by atoms with van der Waals surface area (Å²) < 4.78 is 8.88. The average molecular weight is 528 g/mol. The molecule has 9 heteroatoms. The highest BCUT2D eigenvalue weighted by Gasteiger charge is 2.16. The molecule has 0 bridgehead atoms. The fourth-order valence-electron chi connectivity index (χ4n) is 3.52. The lowest BCUT2D eigenvalue weighted by Gasteiger charge is -2.12. The summed E-state index contributed by atoms with van der Waals surface area (Å²) in [5.41, 5.74) is 2.23. The molecule has 0 fully saturated rings. The number of guanidine groups is 1. The molecule has 2 N–H and O–H groups in total. The van der Waals surface area contributed by atoms with Crippen LogP contribution in [0.3, 0.4) is 0 Å². The maximum atomic E-state index is 12.4. The number of ether oxygens (including phenoxy) is 1. The zero-order valence-corrected chi connectivity index (χ0v) is 20.4. The Hall–Kier alpha value is -2.04. The van der Waals surface area contributed by atoms with Crippen molar-refractivity contribution in [1.29, 1.82) is 0 Å². The molecular weight excluding hydrogens is 495 g/mol. The van der Waals surface area contributed by atoms with Crippen LogP contribution in [0.15, 0.2) is 28.0 Å². The molecule has 8 nitrogen and oxygen atoms in total. The maximum Gasteiger partial charge on any atom is 0.345 e. The summed E-state index contributed by atoms with van der Waals surface area (Å²) in [5, 5.41) is 11.1. The third kappa shape index (κ3) is 6.23. The smallest absolute Gasteiger partial charge is 0.345 e. The van der Waals surface area contributed by atoms with Crippen LogP contribution in [0.2, 0.25) is 0 Å². The van der Waals surface area contributed by atoms with Gasteiger partial charge >= 0.3 is 5.69 Å². The normalized spacial score (nSPS) is 13.4. The van der Waals surface area contributed by atoms with E-state index in [1.807, 2.05) is 30.5 Å². The van der Waals surface area contributed by atoms with Crippen molar-refractivity contribution in [2.24, 2.45) is 4.99 Å². The molecule has 166 valence electrons. The molecule has 0 aliphatic carbocycles. The molecule has 30 heavy (non-hydrogen) atoms. The van der Waals surface area contributed by atoms with E-state index >= 15 is 0 Å². The number of rotatable bonds is 8. The van der Waals surface area contributed by atoms with Gasteiger partial charge in [0.05, 0.1) is 13.7 Å². The molecule has 2 aromatic rings. The minimum atomic E-state index is 0. The lowest BCUT2D eigenvalue weighted by atomic mass is 10.1. The van der Waals surface area contributed by atoms with Gasteiger partial charge < -0.3 is 15.4 Å². The van der Waals surface area contributed by atoms with Crippen molar-refractivity contribution >= 4 is 29.9 Å². The summed E-state index contributed by atoms with van der Waals surface area (Å²) >= 11 is 0. The van der Waals surface area contributed by atoms with E-state index in [0.717, 1.165) is 67.4 Å². The first kappa shape index (κ1) is 24.2. The second-order valence-electron chi connectivity index (χ2n) is 7.32. The van der Waals surface area contributed by atoms with E-state index in [1.165, 1.54) is 0 Å². The molecule has 1 aromatic heterocycles. The summed E-state index contributed by atoms with van der Waals surface area (Å²) in [5.74, 6) is 2.54. The Kier molecular flexibility index (Phi) is 9.67. The summed E-state index contributed by atoms with van der Waals surface area (Å²) in [4.78, 5) is 17.0. The van der Waals surface area contributed by atoms with Gasteiger partial charge in [-0.2, -0.15) is 5.10 Å². The predicted molar refractivity (Wildman–Crippen MR) is 130 cm³/mol. The molecule has 1 aromatic carbocycles. The quantitative estimate of drug-likeness (QED) is 0.238. The summed E-state index contributed by atoms with van der Waals surface area (Å²) in [6, 6.07) is 6.14. The number of benzene rings is 1. The number of hydrogen-bond acceptors (Lipinski definition) is 4. The Balaban J connectivity index is 0.00000320. The molecule has 1 aliphatic heterocycles. The van der Waals surface area contributed by atoms with Gasteiger partial charge in [0.2, 0.25) is 0 Å². The second-order valence-corrected chi connectivity index (χ2v) is 7.32. The minimum absolute atomic E-state index is 0. The number of aliphatic imine (C=N–C) groups is 1. The van der Waals surface area contributed by atoms with Crippen molar-refractivity contribution in [2.75, 3.05) is 20.2 Å². The highest BCUT2D eigenvalue weighted by atomic mass is 127. The number of fused-ring (bicyclic) bond motifs is 1. The Bertz CT molecular complexity index is 905. The Morgan fingerprint density at radius 2 is 2.13 bits per heavy atom. The summed E-state index contributed by atoms with van der Waals surface area (Å²) in [6.45, 7) is 7.52. The summed E-state index contributed by atoms with van der Waals surface area (Å²) in [6.07, 6.45) is 3.88. The average Bonchev–Trinajstić information content (AvgIpc) is 3.05. The first-order valence-electron chi connectivity index (χ1n) is 10.4. The van der Waals surface area contributed by atoms with Crippen LogP contribution in [0.5, 0.6) is 5.75 Å². The first-order chi connectivity index (χ1) is 14.1. The number of methoxy groups -OCH3 is 1. The van der Waals surface area contributed by atoms with Crippen LogP contribution < -0.4 is 21.1 Å². The highest BCUT2D eigenvalue weighted by Crippen LogP contribution is 2.20. The van der Waals surface area contributed by atoms with E-state index in [-0.39, 0.29) is 29.7 Å². The number of halogens is 1. The van der Waals surface area contributed by atoms with Gasteiger partial charge in [0, 0.05) is 38.2 Å². The molecular formula is C21H33IN6O2. The number of nitrogens with one attached hydrogen (secondary N) is 2. The van der Waals surface area contributed by atoms with Crippen molar-refractivity contribution in [3.05, 3.63) is 45.6 Å². The topological polar surface area (TPSA) is 85.5 Å². The van der Waals surface area contributed by atoms with Crippen LogP contribution in [0, 0.1) is 6.92 Å². The van der Waals surface area contributed by atoms with Gasteiger partial charge in [0.25, 0.3) is 0 Å². The first-order valence-corrected chi connectivity index (χ1v) is 10.4. The van der Waals surface area contributed by atoms with Crippen molar-refractivity contribution in [1.82, 2.24) is 25.0 Å². The highest BCUT2D eigenvalue weighted by molar-refractivity contribution is 14.0. The van der Waals surface area contributed by atoms with Gasteiger partial charge in [-0.1, -0.05) is 12.1 Å². The SMILES string of the molecule is CCNC(=NCc1ccc(C)cc1OC)NCCCn1nc2n(c1=O)CCCC2.I. The number of aryl methyl sites for hydroxylation is 3. The maximum absolute atomic E-state index is 12.4. The largest absolute Gasteiger partial charge is 0.496 e. The second kappa shape index (κ2) is 12.0. The minimum Gasteiger partial charge on any atom is -0.496 e. The molecule has 2 heterocycles. The van der Waals surface area contributed by atoms with Crippen molar-refractivity contribution in [3.63, 3.8) is 0 Å². The van der Waals surface area contributed by atoms with E-state index in [9.17, 15) is 4.79 Å². The van der Waals surface area contributed by atoms with E-state index in [0.29, 0.717) is 19.6 Å². The van der Waals surface area contributed by atoms with Crippen molar-refractivity contribution < 1.29 is 4.74 Å². The molecule has 0 saturated heterocycles. The molecule has 0 atom stereocenters. The van der Waals surface area contributed by atoms with Crippen LogP contribution in [-0.2, 0) is 26.1 Å². The zero-order valence-electron chi connectivity index (χ0n) is 18.1. The van der Waals surface area contributed by atoms with E-state index < -0.39 is 0 Å². The summed E-state index contributed by atoms with van der Waals surface area (Å²) in [7, 11) is 1.68. The lowest BCUT2D eigenvalue weighted by molar-refractivity contribution is 0.409. The number of hydrogen-bond donors (Lipinski definition) is 2. The van der Waals surface area contributed by atoms with Crippen LogP contribution in [-0.4, -0.2) is 40.5 Å².